The van der Waals surface area contributed by atoms with Crippen LogP contribution in [0.2, 0.25) is 10.0 Å². The lowest BCUT2D eigenvalue weighted by molar-refractivity contribution is 0.488. The van der Waals surface area contributed by atoms with Crippen molar-refractivity contribution in [3.8, 4) is 11.5 Å². The first-order valence-corrected chi connectivity index (χ1v) is 14.5. The molecule has 5 rings (SSSR count). The molecule has 7 heteroatoms. The second-order valence-corrected chi connectivity index (χ2v) is 12.6. The van der Waals surface area contributed by atoms with E-state index in [0.29, 0.717) is 15.9 Å². The molecule has 0 saturated heterocycles. The van der Waals surface area contributed by atoms with E-state index in [1.807, 2.05) is 30.5 Å². The second-order valence-electron chi connectivity index (χ2n) is 7.64. The molecular formula is C28H22Cl2INOPS+. The molecule has 35 heavy (non-hydrogen) atoms. The van der Waals surface area contributed by atoms with Crippen LogP contribution >= 0.6 is 66.2 Å². The lowest BCUT2D eigenvalue weighted by atomic mass is 10.2. The Morgan fingerprint density at radius 3 is 1.63 bits per heavy atom. The Morgan fingerprint density at radius 2 is 1.20 bits per heavy atom. The van der Waals surface area contributed by atoms with Gasteiger partial charge in [-0.05, 0) is 60.9 Å². The minimum atomic E-state index is -2.38. The van der Waals surface area contributed by atoms with Crippen LogP contribution in [0.4, 0.5) is 0 Å². The van der Waals surface area contributed by atoms with Crippen molar-refractivity contribution in [2.24, 2.45) is 0 Å². The van der Waals surface area contributed by atoms with Crippen LogP contribution in [0, 0.1) is 0 Å². The van der Waals surface area contributed by atoms with E-state index in [0.717, 1.165) is 16.1 Å². The molecule has 0 aliphatic carbocycles. The van der Waals surface area contributed by atoms with Crippen molar-refractivity contribution in [3.05, 3.63) is 119 Å². The molecule has 1 heterocycles. The summed E-state index contributed by atoms with van der Waals surface area (Å²) < 4.78 is 6.39. The molecular weight excluding hydrogens is 627 g/mol. The molecule has 4 aromatic carbocycles. The number of hydrogen-bond acceptors (Lipinski definition) is 3. The molecule has 0 radical (unpaired) electrons. The number of halogens is 3. The molecule has 5 aromatic rings. The van der Waals surface area contributed by atoms with Crippen LogP contribution in [0.5, 0.6) is 0 Å². The molecule has 0 fully saturated rings. The SMILES string of the molecule is CSc1oc(-c2ccc(Cl)cc2Cl)nc1[P+](c1ccccc1)(c1ccccc1)c1ccccc1.I. The average molecular weight is 649 g/mol. The van der Waals surface area contributed by atoms with Gasteiger partial charge in [0.2, 0.25) is 11.0 Å². The Morgan fingerprint density at radius 1 is 0.714 bits per heavy atom. The van der Waals surface area contributed by atoms with Gasteiger partial charge in [0.1, 0.15) is 15.9 Å². The average Bonchev–Trinajstić information content (AvgIpc) is 3.31. The lowest BCUT2D eigenvalue weighted by Crippen LogP contribution is -2.39. The molecule has 0 atom stereocenters. The Bertz CT molecular complexity index is 1320. The van der Waals surface area contributed by atoms with E-state index in [1.165, 1.54) is 15.9 Å². The number of aromatic nitrogens is 1. The Hall–Kier alpha value is -1.82. The van der Waals surface area contributed by atoms with Gasteiger partial charge in [-0.15, -0.1) is 24.0 Å². The maximum atomic E-state index is 6.55. The monoisotopic (exact) mass is 648 g/mol. The molecule has 0 aliphatic heterocycles. The first-order valence-electron chi connectivity index (χ1n) is 10.7. The van der Waals surface area contributed by atoms with Crippen LogP contribution in [0.25, 0.3) is 11.5 Å². The third-order valence-electron chi connectivity index (χ3n) is 5.67. The van der Waals surface area contributed by atoms with E-state index >= 15 is 0 Å². The highest BCUT2D eigenvalue weighted by atomic mass is 127. The van der Waals surface area contributed by atoms with Gasteiger partial charge in [-0.25, -0.2) is 0 Å². The van der Waals surface area contributed by atoms with Gasteiger partial charge in [-0.1, -0.05) is 89.6 Å². The highest BCUT2D eigenvalue weighted by Crippen LogP contribution is 2.56. The van der Waals surface area contributed by atoms with E-state index in [-0.39, 0.29) is 24.0 Å². The number of benzene rings is 4. The third-order valence-corrected chi connectivity index (χ3v) is 11.2. The summed E-state index contributed by atoms with van der Waals surface area (Å²) in [4.78, 5) is 5.18. The summed E-state index contributed by atoms with van der Waals surface area (Å²) in [6.07, 6.45) is 2.02. The van der Waals surface area contributed by atoms with Gasteiger partial charge in [-0.3, -0.25) is 0 Å². The Balaban J connectivity index is 0.00000289. The minimum absolute atomic E-state index is 0. The van der Waals surface area contributed by atoms with Crippen LogP contribution < -0.4 is 21.3 Å². The molecule has 0 unspecified atom stereocenters. The van der Waals surface area contributed by atoms with Crippen LogP contribution in [-0.2, 0) is 0 Å². The van der Waals surface area contributed by atoms with Gasteiger partial charge in [0.05, 0.1) is 10.6 Å². The summed E-state index contributed by atoms with van der Waals surface area (Å²) in [5, 5.41) is 5.51. The van der Waals surface area contributed by atoms with Crippen molar-refractivity contribution in [3.63, 3.8) is 0 Å². The predicted molar refractivity (Wildman–Crippen MR) is 164 cm³/mol. The van der Waals surface area contributed by atoms with Gasteiger partial charge in [-0.2, -0.15) is 4.98 Å². The van der Waals surface area contributed by atoms with Gasteiger partial charge in [0.25, 0.3) is 5.44 Å². The standard InChI is InChI=1S/C28H21Cl2NOPS.HI/c1-34-28-27(31-26(32-28)24-18-17-20(29)19-25(24)30)33(21-11-5-2-6-12-21,22-13-7-3-8-14-22)23-15-9-4-10-16-23;/h2-19H,1H3;1H/q+1;. The van der Waals surface area contributed by atoms with Crippen LogP contribution in [0.3, 0.4) is 0 Å². The Labute approximate surface area is 237 Å². The van der Waals surface area contributed by atoms with Crippen LogP contribution in [-0.4, -0.2) is 11.2 Å². The largest absolute Gasteiger partial charge is 0.425 e. The van der Waals surface area contributed by atoms with Crippen LogP contribution in [0.15, 0.2) is 119 Å². The summed E-state index contributed by atoms with van der Waals surface area (Å²) in [6.45, 7) is 0. The lowest BCUT2D eigenvalue weighted by Gasteiger charge is -2.25. The highest BCUT2D eigenvalue weighted by Gasteiger charge is 2.52. The van der Waals surface area contributed by atoms with Gasteiger partial charge >= 0.3 is 0 Å². The summed E-state index contributed by atoms with van der Waals surface area (Å²) in [6, 6.07) is 37.2. The molecule has 176 valence electrons. The first-order chi connectivity index (χ1) is 16.6. The summed E-state index contributed by atoms with van der Waals surface area (Å²) in [7, 11) is -2.38. The number of thioether (sulfide) groups is 1. The molecule has 0 N–H and O–H groups in total. The molecule has 0 aliphatic rings. The number of rotatable bonds is 6. The third kappa shape index (κ3) is 4.92. The minimum Gasteiger partial charge on any atom is -0.425 e. The number of nitrogens with zero attached hydrogens (tertiary/aromatic N) is 1. The quantitative estimate of drug-likeness (QED) is 0.108. The molecule has 0 spiro atoms. The highest BCUT2D eigenvalue weighted by molar-refractivity contribution is 14.0. The molecule has 0 bridgehead atoms. The van der Waals surface area contributed by atoms with Gasteiger partial charge < -0.3 is 4.42 Å². The van der Waals surface area contributed by atoms with Gasteiger partial charge in [0, 0.05) is 5.02 Å². The second kappa shape index (κ2) is 11.5. The maximum absolute atomic E-state index is 6.55. The van der Waals surface area contributed by atoms with Crippen molar-refractivity contribution in [1.82, 2.24) is 4.98 Å². The van der Waals surface area contributed by atoms with E-state index < -0.39 is 7.26 Å². The molecule has 2 nitrogen and oxygen atoms in total. The smallest absolute Gasteiger partial charge is 0.251 e. The van der Waals surface area contributed by atoms with E-state index in [1.54, 1.807) is 23.9 Å². The fraction of sp³-hybridized carbons (Fsp3) is 0.0357. The normalized spacial score (nSPS) is 11.2. The zero-order valence-electron chi connectivity index (χ0n) is 18.8. The van der Waals surface area contributed by atoms with Gasteiger partial charge in [0.15, 0.2) is 7.26 Å². The van der Waals surface area contributed by atoms with Crippen molar-refractivity contribution < 1.29 is 4.42 Å². The first kappa shape index (κ1) is 26.2. The number of hydrogen-bond donors (Lipinski definition) is 0. The van der Waals surface area contributed by atoms with E-state index in [4.69, 9.17) is 32.6 Å². The van der Waals surface area contributed by atoms with E-state index in [2.05, 4.69) is 72.8 Å². The van der Waals surface area contributed by atoms with Crippen molar-refractivity contribution in [2.45, 2.75) is 5.09 Å². The molecule has 0 amide bonds. The number of oxazole rings is 1. The maximum Gasteiger partial charge on any atom is 0.251 e. The van der Waals surface area contributed by atoms with Crippen molar-refractivity contribution >= 4 is 87.6 Å². The zero-order chi connectivity index (χ0) is 23.5. The van der Waals surface area contributed by atoms with Crippen molar-refractivity contribution in [2.75, 3.05) is 6.26 Å². The predicted octanol–water partition coefficient (Wildman–Crippen LogP) is 7.61. The summed E-state index contributed by atoms with van der Waals surface area (Å²) in [5.41, 5.74) is 1.66. The zero-order valence-corrected chi connectivity index (χ0v) is 24.3. The summed E-state index contributed by atoms with van der Waals surface area (Å²) in [5.74, 6) is 0.494. The van der Waals surface area contributed by atoms with Crippen molar-refractivity contribution in [1.29, 1.82) is 0 Å². The topological polar surface area (TPSA) is 26.0 Å². The summed E-state index contributed by atoms with van der Waals surface area (Å²) >= 11 is 14.3. The fourth-order valence-corrected chi connectivity index (χ4v) is 9.80. The van der Waals surface area contributed by atoms with Crippen LogP contribution in [0.1, 0.15) is 0 Å². The van der Waals surface area contributed by atoms with E-state index in [9.17, 15) is 0 Å². The molecule has 0 saturated carbocycles. The molecule has 1 aromatic heterocycles. The fourth-order valence-electron chi connectivity index (χ4n) is 4.19. The Kier molecular flexibility index (Phi) is 8.62.